The minimum atomic E-state index is -1.10. The zero-order chi connectivity index (χ0) is 22.0. The van der Waals surface area contributed by atoms with E-state index in [4.69, 9.17) is 18.9 Å². The summed E-state index contributed by atoms with van der Waals surface area (Å²) >= 11 is 0. The number of hydrogen-bond donors (Lipinski definition) is 1. The Bertz CT molecular complexity index is 592. The summed E-state index contributed by atoms with van der Waals surface area (Å²) < 4.78 is 22.1. The summed E-state index contributed by atoms with van der Waals surface area (Å²) in [5, 5.41) is 10.2. The molecule has 0 aliphatic carbocycles. The lowest BCUT2D eigenvalue weighted by Crippen LogP contribution is -2.57. The minimum absolute atomic E-state index is 0.0801. The maximum atomic E-state index is 12.3. The molecule has 29 heavy (non-hydrogen) atoms. The molecule has 0 saturated carbocycles. The summed E-state index contributed by atoms with van der Waals surface area (Å²) in [4.78, 5) is 23.8. The van der Waals surface area contributed by atoms with Gasteiger partial charge in [-0.3, -0.25) is 9.59 Å². The Hall–Kier alpha value is -1.70. The molecule has 7 nitrogen and oxygen atoms in total. The molecule has 1 rings (SSSR count). The number of carbonyl (C=O) groups excluding carboxylic acids is 2. The molecule has 5 atom stereocenters. The van der Waals surface area contributed by atoms with Crippen LogP contribution in [0.3, 0.4) is 0 Å². The van der Waals surface area contributed by atoms with Crippen LogP contribution >= 0.6 is 0 Å². The highest BCUT2D eigenvalue weighted by Crippen LogP contribution is 2.24. The van der Waals surface area contributed by atoms with Gasteiger partial charge in [-0.1, -0.05) is 37.1 Å². The number of esters is 2. The molecule has 1 N–H and O–H groups in total. The third kappa shape index (κ3) is 9.10. The van der Waals surface area contributed by atoms with Crippen molar-refractivity contribution in [3.8, 4) is 0 Å². The number of aliphatic hydroxyl groups is 1. The molecule has 0 spiro atoms. The molecule has 0 radical (unpaired) electrons. The van der Waals surface area contributed by atoms with E-state index in [9.17, 15) is 14.7 Å². The number of allylic oxidation sites excluding steroid dienone is 3. The van der Waals surface area contributed by atoms with Crippen molar-refractivity contribution in [2.75, 3.05) is 13.2 Å². The Labute approximate surface area is 174 Å². The van der Waals surface area contributed by atoms with E-state index in [0.29, 0.717) is 6.42 Å². The van der Waals surface area contributed by atoms with E-state index in [-0.39, 0.29) is 19.1 Å². The van der Waals surface area contributed by atoms with E-state index < -0.39 is 36.5 Å². The Morgan fingerprint density at radius 2 is 1.83 bits per heavy atom. The SMILES string of the molecule is CC[C@@H](C)C(=O)O[C@H]1[C@H](OCC=C(C)CCC=C(C)C)OC[C@@H](O)[C@@H]1OC(C)=O. The predicted molar refractivity (Wildman–Crippen MR) is 109 cm³/mol. The largest absolute Gasteiger partial charge is 0.455 e. The molecule has 0 bridgehead atoms. The Morgan fingerprint density at radius 3 is 2.41 bits per heavy atom. The molecule has 166 valence electrons. The highest BCUT2D eigenvalue weighted by molar-refractivity contribution is 5.72. The third-order valence-electron chi connectivity index (χ3n) is 4.76. The molecule has 0 aromatic heterocycles. The maximum Gasteiger partial charge on any atom is 0.309 e. The standard InChI is InChI=1S/C22H36O7/c1-7-16(5)21(25)29-20-19(28-17(6)23)18(24)13-27-22(20)26-12-11-15(4)10-8-9-14(2)3/h9,11,16,18-20,22,24H,7-8,10,12-13H2,1-6H3/t16-,18-,19+,20-,22-/m1/s1. The molecule has 1 aliphatic rings. The number of rotatable bonds is 10. The number of aliphatic hydroxyl groups excluding tert-OH is 1. The van der Waals surface area contributed by atoms with E-state index in [1.165, 1.54) is 18.1 Å². The van der Waals surface area contributed by atoms with Gasteiger partial charge in [0.1, 0.15) is 6.10 Å². The number of ether oxygens (including phenoxy) is 4. The zero-order valence-electron chi connectivity index (χ0n) is 18.5. The molecule has 7 heteroatoms. The van der Waals surface area contributed by atoms with Gasteiger partial charge in [-0.05, 0) is 40.0 Å². The van der Waals surface area contributed by atoms with Gasteiger partial charge >= 0.3 is 11.9 Å². The first kappa shape index (κ1) is 25.3. The number of carbonyl (C=O) groups is 2. The minimum Gasteiger partial charge on any atom is -0.455 e. The monoisotopic (exact) mass is 412 g/mol. The van der Waals surface area contributed by atoms with Gasteiger partial charge in [0.25, 0.3) is 0 Å². The van der Waals surface area contributed by atoms with Gasteiger partial charge in [0, 0.05) is 6.92 Å². The first-order chi connectivity index (χ1) is 13.6. The normalized spacial score (nSPS) is 25.8. The van der Waals surface area contributed by atoms with Crippen molar-refractivity contribution < 1.29 is 33.6 Å². The van der Waals surface area contributed by atoms with E-state index >= 15 is 0 Å². The van der Waals surface area contributed by atoms with Crippen molar-refractivity contribution in [1.29, 1.82) is 0 Å². The van der Waals surface area contributed by atoms with Crippen LogP contribution in [0, 0.1) is 5.92 Å². The second-order valence-electron chi connectivity index (χ2n) is 7.76. The molecule has 1 saturated heterocycles. The van der Waals surface area contributed by atoms with E-state index in [0.717, 1.165) is 12.8 Å². The fraction of sp³-hybridized carbons (Fsp3) is 0.727. The highest BCUT2D eigenvalue weighted by atomic mass is 16.7. The van der Waals surface area contributed by atoms with Crippen LogP contribution in [0.2, 0.25) is 0 Å². The lowest BCUT2D eigenvalue weighted by Gasteiger charge is -2.39. The topological polar surface area (TPSA) is 91.3 Å². The van der Waals surface area contributed by atoms with Crippen molar-refractivity contribution in [3.05, 3.63) is 23.3 Å². The van der Waals surface area contributed by atoms with Gasteiger partial charge in [0.05, 0.1) is 19.1 Å². The molecular formula is C22H36O7. The summed E-state index contributed by atoms with van der Waals surface area (Å²) in [5.41, 5.74) is 2.45. The summed E-state index contributed by atoms with van der Waals surface area (Å²) in [6.07, 6.45) is 2.49. The van der Waals surface area contributed by atoms with Crippen LogP contribution in [0.1, 0.15) is 60.8 Å². The van der Waals surface area contributed by atoms with Crippen molar-refractivity contribution in [1.82, 2.24) is 0 Å². The quantitative estimate of drug-likeness (QED) is 0.435. The first-order valence-corrected chi connectivity index (χ1v) is 10.2. The molecule has 1 aliphatic heterocycles. The average Bonchev–Trinajstić information content (AvgIpc) is 2.64. The predicted octanol–water partition coefficient (Wildman–Crippen LogP) is 3.30. The van der Waals surface area contributed by atoms with Gasteiger partial charge in [0.2, 0.25) is 0 Å². The van der Waals surface area contributed by atoms with Crippen LogP contribution < -0.4 is 0 Å². The van der Waals surface area contributed by atoms with Crippen molar-refractivity contribution in [2.24, 2.45) is 5.92 Å². The molecule has 0 unspecified atom stereocenters. The van der Waals surface area contributed by atoms with Crippen LogP contribution in [0.5, 0.6) is 0 Å². The summed E-state index contributed by atoms with van der Waals surface area (Å²) in [6, 6.07) is 0. The maximum absolute atomic E-state index is 12.3. The first-order valence-electron chi connectivity index (χ1n) is 10.2. The van der Waals surface area contributed by atoms with E-state index in [1.807, 2.05) is 19.9 Å². The van der Waals surface area contributed by atoms with Crippen LogP contribution in [-0.4, -0.2) is 54.9 Å². The Morgan fingerprint density at radius 1 is 1.14 bits per heavy atom. The molecule has 0 aromatic rings. The van der Waals surface area contributed by atoms with E-state index in [2.05, 4.69) is 19.9 Å². The average molecular weight is 413 g/mol. The van der Waals surface area contributed by atoms with Crippen molar-refractivity contribution in [2.45, 2.75) is 85.4 Å². The Kier molecular flexibility index (Phi) is 11.2. The second-order valence-corrected chi connectivity index (χ2v) is 7.76. The lowest BCUT2D eigenvalue weighted by molar-refractivity contribution is -0.277. The molecule has 1 heterocycles. The summed E-state index contributed by atoms with van der Waals surface area (Å²) in [7, 11) is 0. The highest BCUT2D eigenvalue weighted by Gasteiger charge is 2.45. The van der Waals surface area contributed by atoms with Crippen LogP contribution in [-0.2, 0) is 28.5 Å². The van der Waals surface area contributed by atoms with Crippen LogP contribution in [0.25, 0.3) is 0 Å². The van der Waals surface area contributed by atoms with Crippen LogP contribution in [0.15, 0.2) is 23.3 Å². The van der Waals surface area contributed by atoms with E-state index in [1.54, 1.807) is 6.92 Å². The molecule has 0 amide bonds. The van der Waals surface area contributed by atoms with Gasteiger partial charge in [0.15, 0.2) is 18.5 Å². The molecule has 0 aromatic carbocycles. The second kappa shape index (κ2) is 12.8. The Balaban J connectivity index is 2.81. The van der Waals surface area contributed by atoms with Gasteiger partial charge in [-0.15, -0.1) is 0 Å². The van der Waals surface area contributed by atoms with Gasteiger partial charge < -0.3 is 24.1 Å². The van der Waals surface area contributed by atoms with Crippen molar-refractivity contribution >= 4 is 11.9 Å². The smallest absolute Gasteiger partial charge is 0.309 e. The third-order valence-corrected chi connectivity index (χ3v) is 4.76. The lowest BCUT2D eigenvalue weighted by atomic mass is 10.0. The fourth-order valence-corrected chi connectivity index (χ4v) is 2.75. The van der Waals surface area contributed by atoms with Gasteiger partial charge in [-0.2, -0.15) is 0 Å². The van der Waals surface area contributed by atoms with Crippen LogP contribution in [0.4, 0.5) is 0 Å². The summed E-state index contributed by atoms with van der Waals surface area (Å²) in [5.74, 6) is -1.35. The molecule has 1 fully saturated rings. The fourth-order valence-electron chi connectivity index (χ4n) is 2.75. The van der Waals surface area contributed by atoms with Gasteiger partial charge in [-0.25, -0.2) is 0 Å². The zero-order valence-corrected chi connectivity index (χ0v) is 18.5. The molecular weight excluding hydrogens is 376 g/mol. The number of hydrogen-bond acceptors (Lipinski definition) is 7. The summed E-state index contributed by atoms with van der Waals surface area (Å²) in [6.45, 7) is 11.2. The van der Waals surface area contributed by atoms with Crippen molar-refractivity contribution in [3.63, 3.8) is 0 Å².